The Hall–Kier alpha value is -2.04. The Labute approximate surface area is 73.3 Å². The van der Waals surface area contributed by atoms with Gasteiger partial charge in [0, 0.05) is 6.20 Å². The Balaban J connectivity index is 2.59. The number of imidazole rings is 1. The molecule has 2 N–H and O–H groups in total. The van der Waals surface area contributed by atoms with Crippen LogP contribution < -0.4 is 5.69 Å². The van der Waals surface area contributed by atoms with Crippen LogP contribution in [0.4, 0.5) is 0 Å². The average molecular weight is 177 g/mol. The molecule has 0 unspecified atom stereocenters. The smallest absolute Gasteiger partial charge is 0.333 e. The molecule has 66 valence electrons. The quantitative estimate of drug-likeness (QED) is 0.656. The lowest BCUT2D eigenvalue weighted by atomic mass is 10.4. The van der Waals surface area contributed by atoms with Gasteiger partial charge >= 0.3 is 5.69 Å². The van der Waals surface area contributed by atoms with Crippen LogP contribution in [0, 0.1) is 0 Å². The topological polar surface area (TPSA) is 70.9 Å². The predicted molar refractivity (Wildman–Crippen MR) is 45.8 cm³/mol. The fraction of sp³-hybridized carbons (Fsp3) is 0. The van der Waals surface area contributed by atoms with Crippen molar-refractivity contribution in [2.24, 2.45) is 0 Å². The fourth-order valence-corrected chi connectivity index (χ4v) is 1.07. The molecule has 2 aromatic rings. The Kier molecular flexibility index (Phi) is 1.63. The van der Waals surface area contributed by atoms with E-state index in [-0.39, 0.29) is 11.6 Å². The van der Waals surface area contributed by atoms with Gasteiger partial charge in [0.05, 0.1) is 18.1 Å². The molecule has 0 saturated heterocycles. The molecule has 0 saturated carbocycles. The Morgan fingerprint density at radius 1 is 1.54 bits per heavy atom. The summed E-state index contributed by atoms with van der Waals surface area (Å²) < 4.78 is 1.28. The van der Waals surface area contributed by atoms with Crippen LogP contribution in [0.3, 0.4) is 0 Å². The van der Waals surface area contributed by atoms with Crippen molar-refractivity contribution in [2.75, 3.05) is 0 Å². The molecule has 0 spiro atoms. The molecule has 2 heterocycles. The van der Waals surface area contributed by atoms with E-state index in [1.807, 2.05) is 0 Å². The van der Waals surface area contributed by atoms with E-state index in [0.717, 1.165) is 0 Å². The monoisotopic (exact) mass is 177 g/mol. The summed E-state index contributed by atoms with van der Waals surface area (Å²) >= 11 is 0. The summed E-state index contributed by atoms with van der Waals surface area (Å²) in [5.74, 6) is -0.158. The minimum absolute atomic E-state index is 0.158. The van der Waals surface area contributed by atoms with Crippen LogP contribution in [0.15, 0.2) is 35.5 Å². The number of hydrogen-bond donors (Lipinski definition) is 2. The second-order valence-electron chi connectivity index (χ2n) is 2.53. The molecular weight excluding hydrogens is 170 g/mol. The normalized spacial score (nSPS) is 10.2. The zero-order chi connectivity index (χ0) is 9.26. The molecular formula is C8H7N3O2. The van der Waals surface area contributed by atoms with Gasteiger partial charge in [0.15, 0.2) is 0 Å². The Morgan fingerprint density at radius 3 is 2.92 bits per heavy atom. The van der Waals surface area contributed by atoms with Crippen molar-refractivity contribution in [3.05, 3.63) is 41.2 Å². The molecule has 0 aromatic carbocycles. The lowest BCUT2D eigenvalue weighted by Crippen LogP contribution is -2.13. The van der Waals surface area contributed by atoms with Gasteiger partial charge in [-0.25, -0.2) is 4.79 Å². The first kappa shape index (κ1) is 7.60. The lowest BCUT2D eigenvalue weighted by molar-refractivity contribution is 0.455. The van der Waals surface area contributed by atoms with Gasteiger partial charge in [0.1, 0.15) is 0 Å². The second kappa shape index (κ2) is 2.78. The van der Waals surface area contributed by atoms with E-state index in [0.29, 0.717) is 5.69 Å². The highest BCUT2D eigenvalue weighted by Gasteiger charge is 2.02. The van der Waals surface area contributed by atoms with Gasteiger partial charge in [0.25, 0.3) is 0 Å². The maximum atomic E-state index is 11.2. The summed E-state index contributed by atoms with van der Waals surface area (Å²) in [5.41, 5.74) is 0.231. The van der Waals surface area contributed by atoms with Crippen molar-refractivity contribution in [1.29, 1.82) is 0 Å². The zero-order valence-electron chi connectivity index (χ0n) is 6.64. The number of aromatic nitrogens is 3. The highest BCUT2D eigenvalue weighted by Crippen LogP contribution is 2.05. The number of pyridine rings is 1. The van der Waals surface area contributed by atoms with Crippen molar-refractivity contribution in [1.82, 2.24) is 14.5 Å². The summed E-state index contributed by atoms with van der Waals surface area (Å²) in [6.07, 6.45) is 4.45. The molecule has 0 aliphatic heterocycles. The van der Waals surface area contributed by atoms with Gasteiger partial charge in [-0.3, -0.25) is 14.5 Å². The van der Waals surface area contributed by atoms with Gasteiger partial charge in [-0.1, -0.05) is 0 Å². The van der Waals surface area contributed by atoms with E-state index in [1.165, 1.54) is 17.0 Å². The largest absolute Gasteiger partial charge is 0.493 e. The summed E-state index contributed by atoms with van der Waals surface area (Å²) in [4.78, 5) is 17.3. The molecule has 0 atom stereocenters. The number of nitrogens with one attached hydrogen (secondary N) is 1. The number of rotatable bonds is 1. The van der Waals surface area contributed by atoms with Crippen LogP contribution in [-0.4, -0.2) is 19.6 Å². The predicted octanol–water partition coefficient (Wildman–Crippen LogP) is 0.266. The van der Waals surface area contributed by atoms with Crippen LogP contribution in [0.1, 0.15) is 0 Å². The first-order valence-electron chi connectivity index (χ1n) is 3.68. The summed E-state index contributed by atoms with van der Waals surface area (Å²) in [7, 11) is 0. The molecule has 13 heavy (non-hydrogen) atoms. The SMILES string of the molecule is O=c1[nH]c(O)cn1-c1cccnc1. The van der Waals surface area contributed by atoms with E-state index in [1.54, 1.807) is 18.3 Å². The maximum Gasteiger partial charge on any atom is 0.333 e. The van der Waals surface area contributed by atoms with Gasteiger partial charge in [-0.2, -0.15) is 0 Å². The first-order valence-corrected chi connectivity index (χ1v) is 3.68. The van der Waals surface area contributed by atoms with E-state index in [9.17, 15) is 4.79 Å². The fourth-order valence-electron chi connectivity index (χ4n) is 1.07. The van der Waals surface area contributed by atoms with Crippen molar-refractivity contribution < 1.29 is 5.11 Å². The average Bonchev–Trinajstić information content (AvgIpc) is 2.47. The number of H-pyrrole nitrogens is 1. The second-order valence-corrected chi connectivity index (χ2v) is 2.53. The molecule has 5 nitrogen and oxygen atoms in total. The van der Waals surface area contributed by atoms with Crippen LogP contribution in [0.2, 0.25) is 0 Å². The molecule has 0 aliphatic rings. The minimum atomic E-state index is -0.384. The van der Waals surface area contributed by atoms with Crippen LogP contribution in [0.5, 0.6) is 5.88 Å². The number of aromatic amines is 1. The van der Waals surface area contributed by atoms with Crippen LogP contribution in [-0.2, 0) is 0 Å². The number of aromatic hydroxyl groups is 1. The summed E-state index contributed by atoms with van der Waals surface area (Å²) in [5, 5.41) is 9.00. The van der Waals surface area contributed by atoms with Crippen LogP contribution in [0.25, 0.3) is 5.69 Å². The van der Waals surface area contributed by atoms with Crippen molar-refractivity contribution in [3.63, 3.8) is 0 Å². The maximum absolute atomic E-state index is 11.2. The Bertz CT molecular complexity index is 458. The first-order chi connectivity index (χ1) is 6.27. The molecule has 0 fully saturated rings. The highest BCUT2D eigenvalue weighted by molar-refractivity contribution is 5.28. The third kappa shape index (κ3) is 1.31. The van der Waals surface area contributed by atoms with Gasteiger partial charge in [-0.15, -0.1) is 0 Å². The standard InChI is InChI=1S/C8H7N3O2/c12-7-5-11(8(13)10-7)6-2-1-3-9-4-6/h1-5,12H,(H,10,13). The van der Waals surface area contributed by atoms with Gasteiger partial charge in [0.2, 0.25) is 5.88 Å². The number of hydrogen-bond acceptors (Lipinski definition) is 3. The van der Waals surface area contributed by atoms with Gasteiger partial charge < -0.3 is 5.11 Å². The van der Waals surface area contributed by atoms with E-state index < -0.39 is 0 Å². The van der Waals surface area contributed by atoms with Crippen molar-refractivity contribution in [2.45, 2.75) is 0 Å². The van der Waals surface area contributed by atoms with Crippen LogP contribution >= 0.6 is 0 Å². The summed E-state index contributed by atoms with van der Waals surface area (Å²) in [6.45, 7) is 0. The molecule has 0 amide bonds. The van der Waals surface area contributed by atoms with E-state index in [2.05, 4.69) is 9.97 Å². The highest BCUT2D eigenvalue weighted by atomic mass is 16.3. The molecule has 2 aromatic heterocycles. The zero-order valence-corrected chi connectivity index (χ0v) is 6.64. The van der Waals surface area contributed by atoms with Crippen molar-refractivity contribution >= 4 is 0 Å². The third-order valence-electron chi connectivity index (χ3n) is 1.63. The molecule has 0 radical (unpaired) electrons. The van der Waals surface area contributed by atoms with E-state index >= 15 is 0 Å². The minimum Gasteiger partial charge on any atom is -0.493 e. The summed E-state index contributed by atoms with van der Waals surface area (Å²) in [6, 6.07) is 3.44. The third-order valence-corrected chi connectivity index (χ3v) is 1.63. The lowest BCUT2D eigenvalue weighted by Gasteiger charge is -1.96. The Morgan fingerprint density at radius 2 is 2.38 bits per heavy atom. The van der Waals surface area contributed by atoms with E-state index in [4.69, 9.17) is 5.11 Å². The molecule has 0 aliphatic carbocycles. The molecule has 5 heteroatoms. The molecule has 0 bridgehead atoms. The molecule has 2 rings (SSSR count). The van der Waals surface area contributed by atoms with Gasteiger partial charge in [-0.05, 0) is 12.1 Å². The van der Waals surface area contributed by atoms with Crippen molar-refractivity contribution in [3.8, 4) is 11.6 Å². The number of nitrogens with zero attached hydrogens (tertiary/aromatic N) is 2.